The fraction of sp³-hybridized carbons (Fsp3) is 0.621. The molecule has 2 saturated carbocycles. The van der Waals surface area contributed by atoms with E-state index in [0.29, 0.717) is 11.1 Å². The van der Waals surface area contributed by atoms with Crippen LogP contribution in [0.5, 0.6) is 0 Å². The fourth-order valence-corrected chi connectivity index (χ4v) is 8.13. The minimum absolute atomic E-state index is 0.0475. The molecule has 4 aliphatic rings. The summed E-state index contributed by atoms with van der Waals surface area (Å²) in [5.74, 6) is -3.63. The highest BCUT2D eigenvalue weighted by atomic mass is 16.6. The molecule has 1 aliphatic heterocycles. The van der Waals surface area contributed by atoms with Crippen LogP contribution >= 0.6 is 0 Å². The van der Waals surface area contributed by atoms with E-state index in [-0.39, 0.29) is 24.8 Å². The molecule has 4 N–H and O–H groups in total. The van der Waals surface area contributed by atoms with Gasteiger partial charge in [-0.2, -0.15) is 0 Å². The van der Waals surface area contributed by atoms with Gasteiger partial charge in [0.15, 0.2) is 5.60 Å². The van der Waals surface area contributed by atoms with Crippen molar-refractivity contribution in [1.82, 2.24) is 0 Å². The van der Waals surface area contributed by atoms with E-state index in [1.165, 1.54) is 6.92 Å². The number of carbonyl (C=O) groups excluding carboxylic acids is 3. The van der Waals surface area contributed by atoms with Gasteiger partial charge in [-0.05, 0) is 51.3 Å². The molecule has 39 heavy (non-hydrogen) atoms. The molecule has 10 nitrogen and oxygen atoms in total. The van der Waals surface area contributed by atoms with E-state index < -0.39 is 76.4 Å². The number of rotatable bonds is 4. The van der Waals surface area contributed by atoms with Crippen LogP contribution in [0.4, 0.5) is 0 Å². The Bertz CT molecular complexity index is 1260. The first-order chi connectivity index (χ1) is 18.1. The van der Waals surface area contributed by atoms with Gasteiger partial charge in [-0.3, -0.25) is 4.79 Å². The standard InChI is InChI=1S/C29H36O10/c1-15-11-20(32)27-13-18-26(5,29(36,22(15)27)24(34)39-25(27,3)4)19(31)12-21(38-16(2)30)28(18,35)14-37-23(33)17-9-7-6-8-10-17/h6-10,18-21,31-32,35-36H,11-14H2,1-5H3. The molecule has 10 heteroatoms. The Morgan fingerprint density at radius 1 is 1.08 bits per heavy atom. The van der Waals surface area contributed by atoms with E-state index >= 15 is 0 Å². The summed E-state index contributed by atoms with van der Waals surface area (Å²) in [4.78, 5) is 38.7. The van der Waals surface area contributed by atoms with Gasteiger partial charge in [-0.25, -0.2) is 9.59 Å². The molecule has 0 aromatic heterocycles. The van der Waals surface area contributed by atoms with E-state index in [2.05, 4.69) is 0 Å². The van der Waals surface area contributed by atoms with Gasteiger partial charge < -0.3 is 34.6 Å². The number of hydrogen-bond donors (Lipinski definition) is 4. The monoisotopic (exact) mass is 544 g/mol. The maximum atomic E-state index is 13.7. The number of aliphatic hydroxyl groups excluding tert-OH is 2. The van der Waals surface area contributed by atoms with Crippen molar-refractivity contribution in [1.29, 1.82) is 0 Å². The largest absolute Gasteiger partial charge is 0.459 e. The molecular formula is C29H36O10. The lowest BCUT2D eigenvalue weighted by Gasteiger charge is -2.70. The molecule has 2 bridgehead atoms. The van der Waals surface area contributed by atoms with Crippen molar-refractivity contribution in [3.63, 3.8) is 0 Å². The number of cyclic esters (lactones) is 1. The van der Waals surface area contributed by atoms with Crippen molar-refractivity contribution in [3.05, 3.63) is 47.0 Å². The van der Waals surface area contributed by atoms with Gasteiger partial charge in [0, 0.05) is 24.7 Å². The first-order valence-corrected chi connectivity index (χ1v) is 13.2. The number of aliphatic hydroxyl groups is 4. The highest BCUT2D eigenvalue weighted by molar-refractivity contribution is 5.90. The molecule has 1 aromatic carbocycles. The molecule has 5 rings (SSSR count). The van der Waals surface area contributed by atoms with Crippen LogP contribution in [-0.4, -0.2) is 80.1 Å². The average Bonchev–Trinajstić information content (AvgIpc) is 3.13. The number of fused-ring (bicyclic) bond motifs is 2. The number of esters is 3. The highest BCUT2D eigenvalue weighted by Gasteiger charge is 2.83. The van der Waals surface area contributed by atoms with Crippen LogP contribution in [0, 0.1) is 16.7 Å². The summed E-state index contributed by atoms with van der Waals surface area (Å²) in [7, 11) is 0. The topological polar surface area (TPSA) is 160 Å². The van der Waals surface area contributed by atoms with Gasteiger partial charge in [0.25, 0.3) is 0 Å². The first-order valence-electron chi connectivity index (χ1n) is 13.2. The third-order valence-corrected chi connectivity index (χ3v) is 10.1. The zero-order valence-electron chi connectivity index (χ0n) is 22.8. The Morgan fingerprint density at radius 2 is 1.72 bits per heavy atom. The van der Waals surface area contributed by atoms with Gasteiger partial charge in [0.05, 0.1) is 23.2 Å². The molecule has 0 radical (unpaired) electrons. The van der Waals surface area contributed by atoms with Crippen LogP contribution < -0.4 is 0 Å². The molecule has 1 heterocycles. The maximum absolute atomic E-state index is 13.7. The predicted molar refractivity (Wildman–Crippen MR) is 135 cm³/mol. The molecule has 212 valence electrons. The van der Waals surface area contributed by atoms with E-state index in [4.69, 9.17) is 14.2 Å². The van der Waals surface area contributed by atoms with E-state index in [9.17, 15) is 34.8 Å². The zero-order chi connectivity index (χ0) is 28.8. The molecular weight excluding hydrogens is 508 g/mol. The first kappa shape index (κ1) is 27.8. The zero-order valence-corrected chi connectivity index (χ0v) is 22.8. The summed E-state index contributed by atoms with van der Waals surface area (Å²) in [6.45, 7) is 7.02. The molecule has 0 spiro atoms. The van der Waals surface area contributed by atoms with Gasteiger partial charge in [-0.15, -0.1) is 0 Å². The van der Waals surface area contributed by atoms with Crippen LogP contribution in [0.15, 0.2) is 41.5 Å². The minimum Gasteiger partial charge on any atom is -0.459 e. The molecule has 0 amide bonds. The van der Waals surface area contributed by atoms with Crippen LogP contribution in [0.2, 0.25) is 0 Å². The van der Waals surface area contributed by atoms with Crippen molar-refractivity contribution in [2.24, 2.45) is 16.7 Å². The molecule has 1 aromatic rings. The van der Waals surface area contributed by atoms with Crippen molar-refractivity contribution >= 4 is 17.9 Å². The molecule has 8 unspecified atom stereocenters. The second kappa shape index (κ2) is 8.60. The second-order valence-corrected chi connectivity index (χ2v) is 12.3. The predicted octanol–water partition coefficient (Wildman–Crippen LogP) is 1.43. The Morgan fingerprint density at radius 3 is 2.33 bits per heavy atom. The normalized spacial score (nSPS) is 42.2. The maximum Gasteiger partial charge on any atom is 0.343 e. The summed E-state index contributed by atoms with van der Waals surface area (Å²) in [6, 6.07) is 8.14. The Labute approximate surface area is 226 Å². The van der Waals surface area contributed by atoms with Crippen LogP contribution in [-0.2, 0) is 23.8 Å². The summed E-state index contributed by atoms with van der Waals surface area (Å²) >= 11 is 0. The Hall–Kier alpha value is -2.79. The SMILES string of the molecule is CC(=O)OC1CC(O)C2(C)C(CC34C(=C(C)CC3O)C2(O)C(=O)OC4(C)C)C1(O)COC(=O)c1ccccc1. The lowest BCUT2D eigenvalue weighted by atomic mass is 9.38. The average molecular weight is 545 g/mol. The number of hydrogen-bond acceptors (Lipinski definition) is 10. The second-order valence-electron chi connectivity index (χ2n) is 12.3. The summed E-state index contributed by atoms with van der Waals surface area (Å²) in [6.07, 6.45) is -4.08. The molecule has 3 fully saturated rings. The number of benzene rings is 1. The van der Waals surface area contributed by atoms with Crippen LogP contribution in [0.25, 0.3) is 0 Å². The Kier molecular flexibility index (Phi) is 6.12. The van der Waals surface area contributed by atoms with E-state index in [0.717, 1.165) is 6.92 Å². The highest BCUT2D eigenvalue weighted by Crippen LogP contribution is 2.73. The number of ether oxygens (including phenoxy) is 3. The van der Waals surface area contributed by atoms with Crippen LogP contribution in [0.1, 0.15) is 64.2 Å². The molecule has 8 atom stereocenters. The molecule has 1 saturated heterocycles. The lowest BCUT2D eigenvalue weighted by molar-refractivity contribution is -0.320. The Balaban J connectivity index is 1.68. The van der Waals surface area contributed by atoms with Gasteiger partial charge >= 0.3 is 17.9 Å². The van der Waals surface area contributed by atoms with Gasteiger partial charge in [0.1, 0.15) is 23.9 Å². The van der Waals surface area contributed by atoms with Crippen molar-refractivity contribution in [2.45, 2.75) is 89.0 Å². The van der Waals surface area contributed by atoms with Crippen molar-refractivity contribution < 1.29 is 49.0 Å². The summed E-state index contributed by atoms with van der Waals surface area (Å²) in [5, 5.41) is 47.9. The van der Waals surface area contributed by atoms with Crippen molar-refractivity contribution in [2.75, 3.05) is 6.61 Å². The summed E-state index contributed by atoms with van der Waals surface area (Å²) in [5.41, 5.74) is -7.78. The summed E-state index contributed by atoms with van der Waals surface area (Å²) < 4.78 is 16.9. The van der Waals surface area contributed by atoms with Gasteiger partial charge in [0.2, 0.25) is 0 Å². The minimum atomic E-state index is -2.41. The van der Waals surface area contributed by atoms with Gasteiger partial charge in [-0.1, -0.05) is 30.7 Å². The van der Waals surface area contributed by atoms with E-state index in [1.54, 1.807) is 51.1 Å². The fourth-order valence-electron chi connectivity index (χ4n) is 8.13. The smallest absolute Gasteiger partial charge is 0.343 e. The van der Waals surface area contributed by atoms with E-state index in [1.807, 2.05) is 0 Å². The third-order valence-electron chi connectivity index (χ3n) is 10.1. The number of carbonyl (C=O) groups is 3. The van der Waals surface area contributed by atoms with Crippen molar-refractivity contribution in [3.8, 4) is 0 Å². The third kappa shape index (κ3) is 3.38. The van der Waals surface area contributed by atoms with Crippen LogP contribution in [0.3, 0.4) is 0 Å². The quantitative estimate of drug-likeness (QED) is 0.248. The lowest BCUT2D eigenvalue weighted by Crippen LogP contribution is -2.82. The molecule has 3 aliphatic carbocycles.